The molecule has 132 valence electrons. The van der Waals surface area contributed by atoms with Crippen LogP contribution in [-0.4, -0.2) is 11.7 Å². The quantitative estimate of drug-likeness (QED) is 0.800. The number of aryl methyl sites for hydroxylation is 4. The fourth-order valence-corrected chi connectivity index (χ4v) is 4.41. The minimum Gasteiger partial charge on any atom is -0.349 e. The van der Waals surface area contributed by atoms with Crippen molar-refractivity contribution in [2.24, 2.45) is 0 Å². The van der Waals surface area contributed by atoms with E-state index in [2.05, 4.69) is 62.5 Å². The second-order valence-electron chi connectivity index (χ2n) is 7.16. The molecule has 0 fully saturated rings. The highest BCUT2D eigenvalue weighted by atomic mass is 32.2. The number of carbonyl (C=O) groups is 1. The summed E-state index contributed by atoms with van der Waals surface area (Å²) in [6, 6.07) is 13.3. The molecule has 2 aromatic carbocycles. The van der Waals surface area contributed by atoms with Crippen LogP contribution in [0.3, 0.4) is 0 Å². The molecule has 1 amide bonds. The number of thioether (sulfide) groups is 1. The molecule has 1 unspecified atom stereocenters. The van der Waals surface area contributed by atoms with E-state index in [1.54, 1.807) is 11.8 Å². The van der Waals surface area contributed by atoms with Crippen LogP contribution in [0.2, 0.25) is 0 Å². The average molecular weight is 354 g/mol. The summed E-state index contributed by atoms with van der Waals surface area (Å²) in [5.74, 6) is 1.49. The molecule has 25 heavy (non-hydrogen) atoms. The maximum atomic E-state index is 12.3. The van der Waals surface area contributed by atoms with Crippen molar-refractivity contribution in [3.05, 3.63) is 69.8 Å². The van der Waals surface area contributed by atoms with E-state index in [0.717, 1.165) is 5.75 Å². The smallest absolute Gasteiger partial charge is 0.230 e. The van der Waals surface area contributed by atoms with Gasteiger partial charge in [0, 0.05) is 5.75 Å². The monoisotopic (exact) mass is 353 g/mol. The Hall–Kier alpha value is -1.74. The van der Waals surface area contributed by atoms with Gasteiger partial charge in [0.1, 0.15) is 0 Å². The third-order valence-corrected chi connectivity index (χ3v) is 5.79. The van der Waals surface area contributed by atoms with Gasteiger partial charge in [0.25, 0.3) is 0 Å². The molecule has 1 aliphatic rings. The van der Waals surface area contributed by atoms with Crippen LogP contribution in [0.1, 0.15) is 52.8 Å². The zero-order valence-corrected chi connectivity index (χ0v) is 16.2. The van der Waals surface area contributed by atoms with Crippen LogP contribution < -0.4 is 5.32 Å². The van der Waals surface area contributed by atoms with Gasteiger partial charge in [-0.25, -0.2) is 0 Å². The number of nitrogens with one attached hydrogen (secondary N) is 1. The number of hydrogen-bond acceptors (Lipinski definition) is 2. The van der Waals surface area contributed by atoms with Crippen LogP contribution in [0.5, 0.6) is 0 Å². The number of rotatable bonds is 6. The molecule has 3 heteroatoms. The summed E-state index contributed by atoms with van der Waals surface area (Å²) in [5, 5.41) is 3.14. The minimum absolute atomic E-state index is 0.0696. The van der Waals surface area contributed by atoms with E-state index in [0.29, 0.717) is 5.75 Å². The van der Waals surface area contributed by atoms with Gasteiger partial charge in [-0.2, -0.15) is 0 Å². The lowest BCUT2D eigenvalue weighted by molar-refractivity contribution is -0.119. The fourth-order valence-electron chi connectivity index (χ4n) is 3.64. The van der Waals surface area contributed by atoms with Gasteiger partial charge in [-0.1, -0.05) is 47.5 Å². The average Bonchev–Trinajstić information content (AvgIpc) is 3.01. The van der Waals surface area contributed by atoms with Gasteiger partial charge in [-0.3, -0.25) is 4.79 Å². The molecule has 1 N–H and O–H groups in total. The molecule has 2 nitrogen and oxygen atoms in total. The van der Waals surface area contributed by atoms with Crippen LogP contribution in [0.15, 0.2) is 36.4 Å². The lowest BCUT2D eigenvalue weighted by Gasteiger charge is -2.15. The lowest BCUT2D eigenvalue weighted by atomic mass is 10.0. The first kappa shape index (κ1) is 18.1. The lowest BCUT2D eigenvalue weighted by Crippen LogP contribution is -2.28. The van der Waals surface area contributed by atoms with E-state index in [4.69, 9.17) is 0 Å². The zero-order chi connectivity index (χ0) is 17.8. The molecule has 2 aromatic rings. The number of benzene rings is 2. The maximum absolute atomic E-state index is 12.3. The standard InChI is InChI=1S/C22H27NOS/c1-15-9-16(2)11-18(10-15)13-25-14-22(24)23-17(3)20-8-7-19-5-4-6-21(19)12-20/h7-12,17H,4-6,13-14H2,1-3H3,(H,23,24). The number of fused-ring (bicyclic) bond motifs is 1. The third kappa shape index (κ3) is 4.88. The summed E-state index contributed by atoms with van der Waals surface area (Å²) >= 11 is 1.68. The predicted molar refractivity (Wildman–Crippen MR) is 107 cm³/mol. The molecule has 1 atom stereocenters. The van der Waals surface area contributed by atoms with E-state index in [9.17, 15) is 4.79 Å². The Morgan fingerprint density at radius 2 is 1.80 bits per heavy atom. The van der Waals surface area contributed by atoms with E-state index >= 15 is 0 Å². The number of hydrogen-bond donors (Lipinski definition) is 1. The molecule has 0 heterocycles. The van der Waals surface area contributed by atoms with Gasteiger partial charge in [0.2, 0.25) is 5.91 Å². The van der Waals surface area contributed by atoms with Crippen LogP contribution >= 0.6 is 11.8 Å². The van der Waals surface area contributed by atoms with E-state index in [1.165, 1.54) is 52.6 Å². The summed E-state index contributed by atoms with van der Waals surface area (Å²) in [7, 11) is 0. The van der Waals surface area contributed by atoms with Crippen molar-refractivity contribution >= 4 is 17.7 Å². The molecule has 0 aliphatic heterocycles. The maximum Gasteiger partial charge on any atom is 0.230 e. The van der Waals surface area contributed by atoms with Crippen LogP contribution in [0.4, 0.5) is 0 Å². The van der Waals surface area contributed by atoms with Crippen molar-refractivity contribution in [2.75, 3.05) is 5.75 Å². The molecule has 0 saturated heterocycles. The molecule has 0 aromatic heterocycles. The number of carbonyl (C=O) groups excluding carboxylic acids is 1. The van der Waals surface area contributed by atoms with Crippen LogP contribution in [0.25, 0.3) is 0 Å². The van der Waals surface area contributed by atoms with Gasteiger partial charge in [0.15, 0.2) is 0 Å². The van der Waals surface area contributed by atoms with E-state index in [1.807, 2.05) is 0 Å². The first-order valence-electron chi connectivity index (χ1n) is 9.07. The Bertz CT molecular complexity index is 748. The first-order valence-corrected chi connectivity index (χ1v) is 10.2. The van der Waals surface area contributed by atoms with Crippen molar-refractivity contribution in [2.45, 2.75) is 51.8 Å². The highest BCUT2D eigenvalue weighted by Gasteiger charge is 2.15. The van der Waals surface area contributed by atoms with Gasteiger partial charge in [0.05, 0.1) is 11.8 Å². The fraction of sp³-hybridized carbons (Fsp3) is 0.409. The van der Waals surface area contributed by atoms with Gasteiger partial charge in [-0.15, -0.1) is 11.8 Å². The molecule has 0 saturated carbocycles. The second kappa shape index (κ2) is 8.09. The predicted octanol–water partition coefficient (Wildman–Crippen LogP) is 4.90. The van der Waals surface area contributed by atoms with E-state index in [-0.39, 0.29) is 11.9 Å². The zero-order valence-electron chi connectivity index (χ0n) is 15.4. The van der Waals surface area contributed by atoms with Crippen molar-refractivity contribution < 1.29 is 4.79 Å². The normalized spacial score (nSPS) is 14.2. The summed E-state index contributed by atoms with van der Waals surface area (Å²) in [6.07, 6.45) is 3.63. The van der Waals surface area contributed by atoms with E-state index < -0.39 is 0 Å². The van der Waals surface area contributed by atoms with Gasteiger partial charge in [-0.05, 0) is 62.3 Å². The van der Waals surface area contributed by atoms with Crippen molar-refractivity contribution in [3.8, 4) is 0 Å². The Labute approximate surface area is 155 Å². The topological polar surface area (TPSA) is 29.1 Å². The summed E-state index contributed by atoms with van der Waals surface area (Å²) < 4.78 is 0. The Kier molecular flexibility index (Phi) is 5.85. The molecule has 0 spiro atoms. The largest absolute Gasteiger partial charge is 0.349 e. The highest BCUT2D eigenvalue weighted by molar-refractivity contribution is 7.99. The summed E-state index contributed by atoms with van der Waals surface area (Å²) in [4.78, 5) is 12.3. The van der Waals surface area contributed by atoms with Gasteiger partial charge < -0.3 is 5.32 Å². The highest BCUT2D eigenvalue weighted by Crippen LogP contribution is 2.25. The first-order chi connectivity index (χ1) is 12.0. The van der Waals surface area contributed by atoms with Crippen molar-refractivity contribution in [3.63, 3.8) is 0 Å². The number of amides is 1. The van der Waals surface area contributed by atoms with Crippen LogP contribution in [0, 0.1) is 13.8 Å². The van der Waals surface area contributed by atoms with Crippen molar-refractivity contribution in [1.29, 1.82) is 0 Å². The molecule has 3 rings (SSSR count). The molecular formula is C22H27NOS. The molecular weight excluding hydrogens is 326 g/mol. The molecule has 1 aliphatic carbocycles. The van der Waals surface area contributed by atoms with Crippen LogP contribution in [-0.2, 0) is 23.4 Å². The summed E-state index contributed by atoms with van der Waals surface area (Å²) in [6.45, 7) is 6.31. The van der Waals surface area contributed by atoms with Gasteiger partial charge >= 0.3 is 0 Å². The summed E-state index contributed by atoms with van der Waals surface area (Å²) in [5.41, 5.74) is 8.01. The molecule has 0 bridgehead atoms. The minimum atomic E-state index is 0.0696. The second-order valence-corrected chi connectivity index (χ2v) is 8.15. The Morgan fingerprint density at radius 3 is 2.56 bits per heavy atom. The Morgan fingerprint density at radius 1 is 1.08 bits per heavy atom. The SMILES string of the molecule is Cc1cc(C)cc(CSCC(=O)NC(C)c2ccc3c(c2)CCC3)c1. The Balaban J connectivity index is 1.48. The van der Waals surface area contributed by atoms with Crippen molar-refractivity contribution in [1.82, 2.24) is 5.32 Å². The molecule has 0 radical (unpaired) electrons. The third-order valence-electron chi connectivity index (χ3n) is 4.78.